The molecule has 2 heterocycles. The molecule has 0 unspecified atom stereocenters. The normalized spacial score (nSPS) is 10.7. The van der Waals surface area contributed by atoms with Crippen molar-refractivity contribution in [2.45, 2.75) is 0 Å². The first-order valence-electron chi connectivity index (χ1n) is 7.99. The number of benzene rings is 2. The zero-order valence-electron chi connectivity index (χ0n) is 13.8. The van der Waals surface area contributed by atoms with E-state index in [1.54, 1.807) is 30.5 Å². The van der Waals surface area contributed by atoms with Crippen molar-refractivity contribution in [1.29, 1.82) is 0 Å². The number of thiazole rings is 1. The molecule has 4 aromatic rings. The number of carbonyl (C=O) groups excluding carboxylic acids is 1. The smallest absolute Gasteiger partial charge is 0.292 e. The second kappa shape index (κ2) is 6.93. The van der Waals surface area contributed by atoms with E-state index in [2.05, 4.69) is 15.3 Å². The van der Waals surface area contributed by atoms with Gasteiger partial charge in [0.25, 0.3) is 11.6 Å². The second-order valence-electron chi connectivity index (χ2n) is 5.61. The summed E-state index contributed by atoms with van der Waals surface area (Å²) in [6.07, 6.45) is 1.59. The minimum absolute atomic E-state index is 0.131. The van der Waals surface area contributed by atoms with Crippen LogP contribution in [0.15, 0.2) is 66.9 Å². The Morgan fingerprint density at radius 3 is 2.63 bits per heavy atom. The maximum Gasteiger partial charge on any atom is 0.292 e. The van der Waals surface area contributed by atoms with Gasteiger partial charge in [0.15, 0.2) is 0 Å². The van der Waals surface area contributed by atoms with Crippen molar-refractivity contribution < 1.29 is 9.72 Å². The lowest BCUT2D eigenvalue weighted by atomic mass is 10.1. The van der Waals surface area contributed by atoms with E-state index in [9.17, 15) is 14.9 Å². The fraction of sp³-hybridized carbons (Fsp3) is 0. The molecular formula is C19H12N4O3S. The number of anilines is 1. The lowest BCUT2D eigenvalue weighted by molar-refractivity contribution is -0.383. The van der Waals surface area contributed by atoms with Gasteiger partial charge >= 0.3 is 0 Å². The second-order valence-corrected chi connectivity index (χ2v) is 6.65. The van der Waals surface area contributed by atoms with Crippen LogP contribution in [-0.2, 0) is 0 Å². The molecule has 1 amide bonds. The standard InChI is InChI=1S/C19H12N4O3S/c24-18(21-13-7-1-3-9-15(13)23(25)26)12-6-5-11-20-17(12)19-22-14-8-2-4-10-16(14)27-19/h1-11H,(H,21,24). The molecule has 0 atom stereocenters. The summed E-state index contributed by atoms with van der Waals surface area (Å²) in [5.74, 6) is -0.480. The number of hydrogen-bond donors (Lipinski definition) is 1. The van der Waals surface area contributed by atoms with E-state index in [1.165, 1.54) is 23.5 Å². The van der Waals surface area contributed by atoms with Gasteiger partial charge in [0.05, 0.1) is 20.7 Å². The molecule has 0 bridgehead atoms. The summed E-state index contributed by atoms with van der Waals surface area (Å²) in [7, 11) is 0. The third-order valence-electron chi connectivity index (χ3n) is 3.90. The minimum Gasteiger partial charge on any atom is -0.316 e. The highest BCUT2D eigenvalue weighted by Gasteiger charge is 2.20. The topological polar surface area (TPSA) is 98.0 Å². The van der Waals surface area contributed by atoms with Crippen molar-refractivity contribution in [3.05, 3.63) is 82.5 Å². The SMILES string of the molecule is O=C(Nc1ccccc1[N+](=O)[O-])c1cccnc1-c1nc2ccccc2s1. The fourth-order valence-electron chi connectivity index (χ4n) is 2.66. The van der Waals surface area contributed by atoms with E-state index < -0.39 is 10.8 Å². The Morgan fingerprint density at radius 1 is 1.04 bits per heavy atom. The maximum absolute atomic E-state index is 12.8. The Balaban J connectivity index is 1.73. The van der Waals surface area contributed by atoms with Gasteiger partial charge in [-0.25, -0.2) is 4.98 Å². The van der Waals surface area contributed by atoms with Crippen LogP contribution in [0.25, 0.3) is 20.9 Å². The van der Waals surface area contributed by atoms with E-state index in [4.69, 9.17) is 0 Å². The molecule has 0 fully saturated rings. The number of nitro groups is 1. The van der Waals surface area contributed by atoms with Crippen LogP contribution in [-0.4, -0.2) is 20.8 Å². The predicted octanol–water partition coefficient (Wildman–Crippen LogP) is 4.52. The van der Waals surface area contributed by atoms with Crippen LogP contribution in [0.1, 0.15) is 10.4 Å². The monoisotopic (exact) mass is 376 g/mol. The van der Waals surface area contributed by atoms with Crippen molar-refractivity contribution in [3.8, 4) is 10.7 Å². The van der Waals surface area contributed by atoms with Crippen LogP contribution in [0.3, 0.4) is 0 Å². The summed E-state index contributed by atoms with van der Waals surface area (Å²) in [6.45, 7) is 0. The molecule has 0 saturated carbocycles. The highest BCUT2D eigenvalue weighted by molar-refractivity contribution is 7.21. The van der Waals surface area contributed by atoms with Gasteiger partial charge in [-0.3, -0.25) is 19.9 Å². The Kier molecular flexibility index (Phi) is 4.31. The number of hydrogen-bond acceptors (Lipinski definition) is 6. The molecule has 2 aromatic carbocycles. The fourth-order valence-corrected chi connectivity index (χ4v) is 3.64. The van der Waals surface area contributed by atoms with Crippen LogP contribution in [0.2, 0.25) is 0 Å². The summed E-state index contributed by atoms with van der Waals surface area (Å²) < 4.78 is 0.989. The zero-order valence-corrected chi connectivity index (χ0v) is 14.6. The van der Waals surface area contributed by atoms with Gasteiger partial charge in [0.2, 0.25) is 0 Å². The third kappa shape index (κ3) is 3.25. The highest BCUT2D eigenvalue weighted by atomic mass is 32.1. The summed E-state index contributed by atoms with van der Waals surface area (Å²) in [5, 5.41) is 14.4. The predicted molar refractivity (Wildman–Crippen MR) is 104 cm³/mol. The van der Waals surface area contributed by atoms with Crippen LogP contribution >= 0.6 is 11.3 Å². The zero-order chi connectivity index (χ0) is 18.8. The molecule has 1 N–H and O–H groups in total. The lowest BCUT2D eigenvalue weighted by Gasteiger charge is -2.08. The van der Waals surface area contributed by atoms with Gasteiger partial charge in [0, 0.05) is 12.3 Å². The Morgan fingerprint density at radius 2 is 1.81 bits per heavy atom. The molecule has 27 heavy (non-hydrogen) atoms. The summed E-state index contributed by atoms with van der Waals surface area (Å²) >= 11 is 1.43. The van der Waals surface area contributed by atoms with Gasteiger partial charge in [-0.2, -0.15) is 0 Å². The quantitative estimate of drug-likeness (QED) is 0.417. The Bertz CT molecular complexity index is 1140. The molecule has 7 nitrogen and oxygen atoms in total. The first-order chi connectivity index (χ1) is 13.1. The van der Waals surface area contributed by atoms with E-state index in [0.717, 1.165) is 10.2 Å². The number of para-hydroxylation sites is 3. The Hall–Kier alpha value is -3.65. The van der Waals surface area contributed by atoms with E-state index in [1.807, 2.05) is 24.3 Å². The molecule has 0 radical (unpaired) electrons. The van der Waals surface area contributed by atoms with Crippen molar-refractivity contribution >= 4 is 38.8 Å². The molecule has 0 aliphatic heterocycles. The van der Waals surface area contributed by atoms with E-state index in [-0.39, 0.29) is 11.4 Å². The molecule has 4 rings (SSSR count). The summed E-state index contributed by atoms with van der Waals surface area (Å²) in [6, 6.07) is 16.9. The highest BCUT2D eigenvalue weighted by Crippen LogP contribution is 2.31. The number of fused-ring (bicyclic) bond motifs is 1. The number of nitro benzene ring substituents is 1. The molecule has 0 saturated heterocycles. The van der Waals surface area contributed by atoms with Crippen LogP contribution < -0.4 is 5.32 Å². The van der Waals surface area contributed by atoms with Crippen molar-refractivity contribution in [3.63, 3.8) is 0 Å². The number of rotatable bonds is 4. The molecule has 132 valence electrons. The number of amides is 1. The molecule has 0 spiro atoms. The third-order valence-corrected chi connectivity index (χ3v) is 4.94. The first-order valence-corrected chi connectivity index (χ1v) is 8.81. The van der Waals surface area contributed by atoms with Crippen LogP contribution in [0.5, 0.6) is 0 Å². The maximum atomic E-state index is 12.8. The van der Waals surface area contributed by atoms with E-state index in [0.29, 0.717) is 16.3 Å². The first kappa shape index (κ1) is 16.8. The van der Waals surface area contributed by atoms with E-state index >= 15 is 0 Å². The van der Waals surface area contributed by atoms with Crippen molar-refractivity contribution in [2.75, 3.05) is 5.32 Å². The Labute approximate surface area is 157 Å². The van der Waals surface area contributed by atoms with Gasteiger partial charge in [0.1, 0.15) is 16.4 Å². The number of carbonyl (C=O) groups is 1. The minimum atomic E-state index is -0.534. The number of nitrogens with zero attached hydrogens (tertiary/aromatic N) is 3. The average molecular weight is 376 g/mol. The largest absolute Gasteiger partial charge is 0.316 e. The molecular weight excluding hydrogens is 364 g/mol. The van der Waals surface area contributed by atoms with Crippen LogP contribution in [0.4, 0.5) is 11.4 Å². The van der Waals surface area contributed by atoms with Crippen molar-refractivity contribution in [1.82, 2.24) is 9.97 Å². The molecule has 0 aliphatic carbocycles. The number of pyridine rings is 1. The lowest BCUT2D eigenvalue weighted by Crippen LogP contribution is -2.14. The summed E-state index contributed by atoms with van der Waals surface area (Å²) in [5.41, 5.74) is 1.53. The summed E-state index contributed by atoms with van der Waals surface area (Å²) in [4.78, 5) is 32.3. The molecule has 0 aliphatic rings. The number of nitrogens with one attached hydrogen (secondary N) is 1. The average Bonchev–Trinajstić information content (AvgIpc) is 3.12. The molecule has 8 heteroatoms. The van der Waals surface area contributed by atoms with Gasteiger partial charge < -0.3 is 5.32 Å². The van der Waals surface area contributed by atoms with Crippen molar-refractivity contribution in [2.24, 2.45) is 0 Å². The van der Waals surface area contributed by atoms with Gasteiger partial charge in [-0.15, -0.1) is 11.3 Å². The number of aromatic nitrogens is 2. The van der Waals surface area contributed by atoms with Crippen LogP contribution in [0, 0.1) is 10.1 Å². The van der Waals surface area contributed by atoms with Gasteiger partial charge in [-0.05, 0) is 30.3 Å². The van der Waals surface area contributed by atoms with Gasteiger partial charge in [-0.1, -0.05) is 24.3 Å². The molecule has 2 aromatic heterocycles.